The second-order valence-electron chi connectivity index (χ2n) is 7.50. The molecule has 160 valence electrons. The fourth-order valence-electron chi connectivity index (χ4n) is 4.29. The largest absolute Gasteiger partial charge is 0.497 e. The number of alkyl halides is 3. The van der Waals surface area contributed by atoms with Gasteiger partial charge in [-0.2, -0.15) is 18.3 Å². The van der Waals surface area contributed by atoms with E-state index in [1.165, 1.54) is 16.3 Å². The molecular weight excluding hydrogens is 447 g/mol. The van der Waals surface area contributed by atoms with Crippen molar-refractivity contribution in [1.82, 2.24) is 4.98 Å². The normalized spacial score (nSPS) is 20.3. The third-order valence-electron chi connectivity index (χ3n) is 5.72. The van der Waals surface area contributed by atoms with E-state index < -0.39 is 23.8 Å². The molecule has 5 rings (SSSR count). The highest BCUT2D eigenvalue weighted by Gasteiger charge is 2.52. The van der Waals surface area contributed by atoms with Crippen LogP contribution in [-0.2, 0) is 6.42 Å². The van der Waals surface area contributed by atoms with Gasteiger partial charge in [-0.1, -0.05) is 29.8 Å². The number of benzene rings is 2. The zero-order chi connectivity index (χ0) is 21.8. The van der Waals surface area contributed by atoms with Crippen LogP contribution in [0.1, 0.15) is 23.6 Å². The Morgan fingerprint density at radius 1 is 1.16 bits per heavy atom. The van der Waals surface area contributed by atoms with Crippen LogP contribution in [0.5, 0.6) is 5.75 Å². The summed E-state index contributed by atoms with van der Waals surface area (Å²) in [5.74, 6) is -0.0400. The van der Waals surface area contributed by atoms with Crippen molar-refractivity contribution in [3.8, 4) is 17.0 Å². The topological polar surface area (TPSA) is 37.7 Å². The van der Waals surface area contributed by atoms with Gasteiger partial charge in [0.2, 0.25) is 5.13 Å². The van der Waals surface area contributed by atoms with Crippen LogP contribution in [0.3, 0.4) is 0 Å². The highest BCUT2D eigenvalue weighted by atomic mass is 35.5. The summed E-state index contributed by atoms with van der Waals surface area (Å²) < 4.78 is 46.7. The second kappa shape index (κ2) is 7.53. The Morgan fingerprint density at radius 3 is 2.65 bits per heavy atom. The van der Waals surface area contributed by atoms with Gasteiger partial charge in [-0.05, 0) is 48.2 Å². The summed E-state index contributed by atoms with van der Waals surface area (Å²) >= 11 is 7.23. The summed E-state index contributed by atoms with van der Waals surface area (Å²) in [5, 5.41) is 8.37. The molecule has 0 N–H and O–H groups in total. The van der Waals surface area contributed by atoms with E-state index in [2.05, 4.69) is 10.1 Å². The minimum atomic E-state index is -4.49. The lowest BCUT2D eigenvalue weighted by Gasteiger charge is -2.33. The molecular formula is C22H17ClF3N3OS. The van der Waals surface area contributed by atoms with Crippen LogP contribution in [0.25, 0.3) is 11.3 Å². The molecule has 2 atom stereocenters. The summed E-state index contributed by atoms with van der Waals surface area (Å²) in [5.41, 5.74) is 2.61. The quantitative estimate of drug-likeness (QED) is 0.444. The van der Waals surface area contributed by atoms with Gasteiger partial charge in [-0.25, -0.2) is 9.99 Å². The van der Waals surface area contributed by atoms with Gasteiger partial charge in [0.1, 0.15) is 11.5 Å². The fourth-order valence-corrected chi connectivity index (χ4v) is 5.24. The van der Waals surface area contributed by atoms with E-state index in [0.717, 1.165) is 16.7 Å². The molecule has 0 amide bonds. The number of hydrogen-bond acceptors (Lipinski definition) is 5. The van der Waals surface area contributed by atoms with Crippen LogP contribution in [0.4, 0.5) is 18.3 Å². The molecule has 9 heteroatoms. The maximum absolute atomic E-state index is 13.8. The number of fused-ring (bicyclic) bond motifs is 3. The molecule has 0 spiro atoms. The number of methoxy groups -OCH3 is 1. The number of aromatic nitrogens is 1. The maximum atomic E-state index is 13.8. The lowest BCUT2D eigenvalue weighted by Crippen LogP contribution is -2.35. The molecule has 2 aromatic carbocycles. The summed E-state index contributed by atoms with van der Waals surface area (Å²) in [6.07, 6.45) is -3.57. The first-order valence-electron chi connectivity index (χ1n) is 9.68. The standard InChI is InChI=1S/C22H17ClF3N3OS/c1-30-15-7-9-16-13(10-15)4-8-17-19(16)29(28-20(17)22(24,25)26)21-27-18(11-31-21)12-2-5-14(23)6-3-12/h2-3,5-7,9-11,17,19H,4,8H2,1H3/t17-,19-/m1/s1. The fraction of sp³-hybridized carbons (Fsp3) is 0.273. The van der Waals surface area contributed by atoms with E-state index >= 15 is 0 Å². The first-order chi connectivity index (χ1) is 14.8. The van der Waals surface area contributed by atoms with Gasteiger partial charge >= 0.3 is 6.18 Å². The third-order valence-corrected chi connectivity index (χ3v) is 6.81. The SMILES string of the molecule is COc1ccc2c(c1)CC[C@H]1C(C(F)(F)F)=NN(c3nc(-c4ccc(Cl)cc4)cs3)[C@H]21. The molecule has 2 heterocycles. The van der Waals surface area contributed by atoms with E-state index in [0.29, 0.717) is 34.4 Å². The Hall–Kier alpha value is -2.58. The number of nitrogens with zero attached hydrogens (tertiary/aromatic N) is 3. The smallest absolute Gasteiger partial charge is 0.431 e. The second-order valence-corrected chi connectivity index (χ2v) is 8.78. The molecule has 0 saturated heterocycles. The Labute approximate surface area is 185 Å². The van der Waals surface area contributed by atoms with Crippen molar-refractivity contribution in [3.63, 3.8) is 0 Å². The van der Waals surface area contributed by atoms with Gasteiger partial charge in [0.15, 0.2) is 0 Å². The Bertz CT molecular complexity index is 1160. The van der Waals surface area contributed by atoms with Crippen molar-refractivity contribution in [2.75, 3.05) is 12.1 Å². The monoisotopic (exact) mass is 463 g/mol. The van der Waals surface area contributed by atoms with Crippen LogP contribution < -0.4 is 9.75 Å². The molecule has 3 aromatic rings. The number of aryl methyl sites for hydroxylation is 1. The maximum Gasteiger partial charge on any atom is 0.431 e. The highest BCUT2D eigenvalue weighted by Crippen LogP contribution is 2.49. The summed E-state index contributed by atoms with van der Waals surface area (Å²) in [6, 6.07) is 12.2. The predicted molar refractivity (Wildman–Crippen MR) is 116 cm³/mol. The molecule has 1 aliphatic heterocycles. The van der Waals surface area contributed by atoms with E-state index in [4.69, 9.17) is 16.3 Å². The predicted octanol–water partition coefficient (Wildman–Crippen LogP) is 6.51. The number of halogens is 4. The zero-order valence-corrected chi connectivity index (χ0v) is 17.9. The Morgan fingerprint density at radius 2 is 1.94 bits per heavy atom. The molecule has 0 radical (unpaired) electrons. The van der Waals surface area contributed by atoms with Gasteiger partial charge < -0.3 is 4.74 Å². The van der Waals surface area contributed by atoms with Gasteiger partial charge in [0.25, 0.3) is 0 Å². The molecule has 0 fully saturated rings. The Kier molecular flexibility index (Phi) is 4.94. The van der Waals surface area contributed by atoms with Crippen molar-refractivity contribution in [1.29, 1.82) is 0 Å². The number of hydrogen-bond donors (Lipinski definition) is 0. The molecule has 0 unspecified atom stereocenters. The van der Waals surface area contributed by atoms with E-state index in [1.54, 1.807) is 25.3 Å². The van der Waals surface area contributed by atoms with Gasteiger partial charge in [0, 0.05) is 21.9 Å². The molecule has 0 bridgehead atoms. The van der Waals surface area contributed by atoms with Crippen LogP contribution in [0.15, 0.2) is 52.9 Å². The van der Waals surface area contributed by atoms with Crippen molar-refractivity contribution in [2.45, 2.75) is 25.1 Å². The summed E-state index contributed by atoms with van der Waals surface area (Å²) in [7, 11) is 1.58. The number of rotatable bonds is 3. The Balaban J connectivity index is 1.57. The number of anilines is 1. The molecule has 4 nitrogen and oxygen atoms in total. The van der Waals surface area contributed by atoms with Crippen molar-refractivity contribution >= 4 is 33.8 Å². The third kappa shape index (κ3) is 3.57. The first-order valence-corrected chi connectivity index (χ1v) is 10.9. The highest BCUT2D eigenvalue weighted by molar-refractivity contribution is 7.14. The van der Waals surface area contributed by atoms with Crippen LogP contribution >= 0.6 is 22.9 Å². The van der Waals surface area contributed by atoms with Crippen LogP contribution in [0, 0.1) is 5.92 Å². The van der Waals surface area contributed by atoms with Gasteiger partial charge in [0.05, 0.1) is 18.8 Å². The van der Waals surface area contributed by atoms with Crippen molar-refractivity contribution in [3.05, 3.63) is 64.0 Å². The molecule has 1 aliphatic carbocycles. The number of hydrazone groups is 1. The van der Waals surface area contributed by atoms with Gasteiger partial charge in [-0.15, -0.1) is 11.3 Å². The first kappa shape index (κ1) is 20.3. The molecule has 31 heavy (non-hydrogen) atoms. The molecule has 2 aliphatic rings. The van der Waals surface area contributed by atoms with E-state index in [-0.39, 0.29) is 0 Å². The van der Waals surface area contributed by atoms with E-state index in [9.17, 15) is 13.2 Å². The van der Waals surface area contributed by atoms with Crippen molar-refractivity contribution < 1.29 is 17.9 Å². The lowest BCUT2D eigenvalue weighted by molar-refractivity contribution is -0.0626. The summed E-state index contributed by atoms with van der Waals surface area (Å²) in [6.45, 7) is 0. The molecule has 0 saturated carbocycles. The minimum Gasteiger partial charge on any atom is -0.497 e. The van der Waals surface area contributed by atoms with Gasteiger partial charge in [-0.3, -0.25) is 0 Å². The number of thiazole rings is 1. The minimum absolute atomic E-state index is 0.370. The van der Waals surface area contributed by atoms with Crippen LogP contribution in [0.2, 0.25) is 5.02 Å². The van der Waals surface area contributed by atoms with Crippen molar-refractivity contribution in [2.24, 2.45) is 11.0 Å². The van der Waals surface area contributed by atoms with E-state index in [1.807, 2.05) is 29.6 Å². The molecule has 1 aromatic heterocycles. The van der Waals surface area contributed by atoms with Crippen LogP contribution in [-0.4, -0.2) is 24.0 Å². The average Bonchev–Trinajstić information content (AvgIpc) is 3.38. The average molecular weight is 464 g/mol. The summed E-state index contributed by atoms with van der Waals surface area (Å²) in [4.78, 5) is 4.61. The zero-order valence-electron chi connectivity index (χ0n) is 16.4. The number of ether oxygens (including phenoxy) is 1. The lowest BCUT2D eigenvalue weighted by atomic mass is 9.78.